The lowest BCUT2D eigenvalue weighted by Gasteiger charge is -2.11. The summed E-state index contributed by atoms with van der Waals surface area (Å²) in [5.74, 6) is 0.582. The molecule has 0 radical (unpaired) electrons. The fraction of sp³-hybridized carbons (Fsp3) is 0.217. The third-order valence-electron chi connectivity index (χ3n) is 4.48. The molecule has 3 rings (SSSR count). The van der Waals surface area contributed by atoms with Gasteiger partial charge < -0.3 is 14.4 Å². The highest BCUT2D eigenvalue weighted by atomic mass is 35.5. The van der Waals surface area contributed by atoms with Gasteiger partial charge in [0.05, 0.1) is 10.6 Å². The predicted octanol–water partition coefficient (Wildman–Crippen LogP) is 6.10. The Kier molecular flexibility index (Phi) is 6.39. The Labute approximate surface area is 174 Å². The van der Waals surface area contributed by atoms with Gasteiger partial charge in [0.15, 0.2) is 0 Å². The van der Waals surface area contributed by atoms with Crippen molar-refractivity contribution in [3.05, 3.63) is 76.0 Å². The molecule has 29 heavy (non-hydrogen) atoms. The Morgan fingerprint density at radius 2 is 1.97 bits per heavy atom. The van der Waals surface area contributed by atoms with E-state index in [1.165, 1.54) is 6.08 Å². The van der Waals surface area contributed by atoms with Crippen molar-refractivity contribution >= 4 is 23.6 Å². The van der Waals surface area contributed by atoms with Gasteiger partial charge in [-0.1, -0.05) is 54.9 Å². The molecule has 0 atom stereocenters. The van der Waals surface area contributed by atoms with Crippen molar-refractivity contribution in [2.75, 3.05) is 0 Å². The lowest BCUT2D eigenvalue weighted by atomic mass is 9.98. The quantitative estimate of drug-likeness (QED) is 0.475. The van der Waals surface area contributed by atoms with E-state index in [0.717, 1.165) is 34.1 Å². The number of ether oxygens (including phenoxy) is 1. The minimum absolute atomic E-state index is 0.140. The third-order valence-corrected chi connectivity index (χ3v) is 4.80. The number of carbonyl (C=O) groups is 1. The number of benzene rings is 2. The van der Waals surface area contributed by atoms with Crippen LogP contribution in [0.5, 0.6) is 5.75 Å². The zero-order valence-electron chi connectivity index (χ0n) is 16.5. The van der Waals surface area contributed by atoms with Crippen LogP contribution in [0.4, 0.5) is 0 Å². The van der Waals surface area contributed by atoms with Crippen LogP contribution in [0.2, 0.25) is 5.02 Å². The molecule has 6 heteroatoms. The zero-order chi connectivity index (χ0) is 21.0. The van der Waals surface area contributed by atoms with Gasteiger partial charge in [-0.15, -0.1) is 0 Å². The van der Waals surface area contributed by atoms with E-state index >= 15 is 0 Å². The standard InChI is InChI=1S/C23H22ClNO4/c1-14(2)23-18(22(25-29-23)21-15(3)5-4-6-19(21)24)13-28-17-10-7-16(8-11-17)9-12-20(26)27/h4-12,14H,13H2,1-3H3,(H,26,27)/b12-9+. The van der Waals surface area contributed by atoms with E-state index in [1.54, 1.807) is 24.3 Å². The van der Waals surface area contributed by atoms with Crippen LogP contribution in [0.3, 0.4) is 0 Å². The minimum Gasteiger partial charge on any atom is -0.489 e. The predicted molar refractivity (Wildman–Crippen MR) is 113 cm³/mol. The van der Waals surface area contributed by atoms with Gasteiger partial charge in [0.25, 0.3) is 0 Å². The highest BCUT2D eigenvalue weighted by Gasteiger charge is 2.23. The average Bonchev–Trinajstić information content (AvgIpc) is 3.09. The number of hydrogen-bond donors (Lipinski definition) is 1. The first-order valence-electron chi connectivity index (χ1n) is 9.24. The highest BCUT2D eigenvalue weighted by molar-refractivity contribution is 6.33. The van der Waals surface area contributed by atoms with Crippen molar-refractivity contribution in [2.45, 2.75) is 33.3 Å². The Balaban J connectivity index is 1.87. The average molecular weight is 412 g/mol. The SMILES string of the molecule is Cc1cccc(Cl)c1-c1noc(C(C)C)c1COc1ccc(/C=C/C(=O)O)cc1. The maximum absolute atomic E-state index is 10.6. The first kappa shape index (κ1) is 20.7. The van der Waals surface area contributed by atoms with E-state index in [-0.39, 0.29) is 12.5 Å². The molecule has 0 fully saturated rings. The van der Waals surface area contributed by atoms with E-state index in [0.29, 0.717) is 16.5 Å². The van der Waals surface area contributed by atoms with E-state index in [2.05, 4.69) is 5.16 Å². The second kappa shape index (κ2) is 8.97. The Hall–Kier alpha value is -3.05. The number of aliphatic carboxylic acids is 1. The van der Waals surface area contributed by atoms with Crippen LogP contribution in [0.25, 0.3) is 17.3 Å². The lowest BCUT2D eigenvalue weighted by Crippen LogP contribution is -2.01. The van der Waals surface area contributed by atoms with E-state index < -0.39 is 5.97 Å². The van der Waals surface area contributed by atoms with Gasteiger partial charge >= 0.3 is 5.97 Å². The summed E-state index contributed by atoms with van der Waals surface area (Å²) in [6, 6.07) is 12.9. The number of halogens is 1. The topological polar surface area (TPSA) is 72.6 Å². The number of rotatable bonds is 7. The number of nitrogens with zero attached hydrogens (tertiary/aromatic N) is 1. The summed E-state index contributed by atoms with van der Waals surface area (Å²) >= 11 is 6.44. The molecule has 0 bridgehead atoms. The Bertz CT molecular complexity index is 1020. The lowest BCUT2D eigenvalue weighted by molar-refractivity contribution is -0.131. The summed E-state index contributed by atoms with van der Waals surface area (Å²) in [4.78, 5) is 10.6. The molecule has 1 N–H and O–H groups in total. The van der Waals surface area contributed by atoms with Crippen LogP contribution < -0.4 is 4.74 Å². The second-order valence-electron chi connectivity index (χ2n) is 6.99. The smallest absolute Gasteiger partial charge is 0.328 e. The molecular weight excluding hydrogens is 390 g/mol. The number of carboxylic acid groups (broad SMARTS) is 1. The Morgan fingerprint density at radius 3 is 2.59 bits per heavy atom. The summed E-state index contributed by atoms with van der Waals surface area (Å²) in [5.41, 5.74) is 4.19. The summed E-state index contributed by atoms with van der Waals surface area (Å²) in [7, 11) is 0. The van der Waals surface area contributed by atoms with Crippen LogP contribution in [0.15, 0.2) is 53.1 Å². The van der Waals surface area contributed by atoms with Gasteiger partial charge in [0, 0.05) is 17.6 Å². The van der Waals surface area contributed by atoms with Crippen LogP contribution >= 0.6 is 11.6 Å². The molecule has 0 unspecified atom stereocenters. The molecule has 0 spiro atoms. The highest BCUT2D eigenvalue weighted by Crippen LogP contribution is 2.36. The van der Waals surface area contributed by atoms with Crippen molar-refractivity contribution in [3.63, 3.8) is 0 Å². The molecular formula is C23H22ClNO4. The monoisotopic (exact) mass is 411 g/mol. The molecule has 0 aliphatic rings. The van der Waals surface area contributed by atoms with Gasteiger partial charge in [-0.3, -0.25) is 0 Å². The van der Waals surface area contributed by atoms with Crippen molar-refractivity contribution in [3.8, 4) is 17.0 Å². The van der Waals surface area contributed by atoms with Crippen LogP contribution in [0.1, 0.15) is 42.2 Å². The normalized spacial score (nSPS) is 11.3. The van der Waals surface area contributed by atoms with Gasteiger partial charge in [-0.2, -0.15) is 0 Å². The summed E-state index contributed by atoms with van der Waals surface area (Å²) in [6.45, 7) is 6.34. The van der Waals surface area contributed by atoms with Crippen molar-refractivity contribution in [1.29, 1.82) is 0 Å². The molecule has 0 saturated carbocycles. The third kappa shape index (κ3) is 4.87. The number of hydrogen-bond acceptors (Lipinski definition) is 4. The van der Waals surface area contributed by atoms with Crippen molar-refractivity contribution in [2.24, 2.45) is 0 Å². The molecule has 0 aliphatic carbocycles. The number of carboxylic acids is 1. The molecule has 2 aromatic carbocycles. The molecule has 1 aromatic heterocycles. The first-order chi connectivity index (χ1) is 13.9. The first-order valence-corrected chi connectivity index (χ1v) is 9.62. The van der Waals surface area contributed by atoms with Gasteiger partial charge in [0.2, 0.25) is 0 Å². The van der Waals surface area contributed by atoms with E-state index in [1.807, 2.05) is 39.0 Å². The molecule has 5 nitrogen and oxygen atoms in total. The van der Waals surface area contributed by atoms with E-state index in [4.69, 9.17) is 26.0 Å². The molecule has 0 saturated heterocycles. The summed E-state index contributed by atoms with van der Waals surface area (Å²) in [5, 5.41) is 13.6. The largest absolute Gasteiger partial charge is 0.489 e. The molecule has 3 aromatic rings. The second-order valence-corrected chi connectivity index (χ2v) is 7.40. The van der Waals surface area contributed by atoms with E-state index in [9.17, 15) is 4.79 Å². The molecule has 1 heterocycles. The molecule has 0 amide bonds. The number of aromatic nitrogens is 1. The number of aryl methyl sites for hydroxylation is 1. The van der Waals surface area contributed by atoms with Gasteiger partial charge in [-0.05, 0) is 42.3 Å². The van der Waals surface area contributed by atoms with Crippen LogP contribution in [-0.4, -0.2) is 16.2 Å². The molecule has 150 valence electrons. The maximum atomic E-state index is 10.6. The van der Waals surface area contributed by atoms with Gasteiger partial charge in [-0.25, -0.2) is 4.79 Å². The van der Waals surface area contributed by atoms with Crippen molar-refractivity contribution in [1.82, 2.24) is 5.16 Å². The minimum atomic E-state index is -0.985. The summed E-state index contributed by atoms with van der Waals surface area (Å²) in [6.07, 6.45) is 2.63. The van der Waals surface area contributed by atoms with Crippen LogP contribution in [-0.2, 0) is 11.4 Å². The fourth-order valence-electron chi connectivity index (χ4n) is 3.04. The molecule has 0 aliphatic heterocycles. The Morgan fingerprint density at radius 1 is 1.24 bits per heavy atom. The fourth-order valence-corrected chi connectivity index (χ4v) is 3.35. The van der Waals surface area contributed by atoms with Gasteiger partial charge in [0.1, 0.15) is 23.8 Å². The van der Waals surface area contributed by atoms with Crippen LogP contribution in [0, 0.1) is 6.92 Å². The maximum Gasteiger partial charge on any atom is 0.328 e. The summed E-state index contributed by atoms with van der Waals surface area (Å²) < 4.78 is 11.6. The van der Waals surface area contributed by atoms with Crippen molar-refractivity contribution < 1.29 is 19.2 Å². The zero-order valence-corrected chi connectivity index (χ0v) is 17.2.